The number of carbonyl (C=O) groups is 3. The first-order valence-corrected chi connectivity index (χ1v) is 7.47. The van der Waals surface area contributed by atoms with E-state index in [1.54, 1.807) is 17.9 Å². The van der Waals surface area contributed by atoms with Gasteiger partial charge in [-0.2, -0.15) is 0 Å². The lowest BCUT2D eigenvalue weighted by Gasteiger charge is -2.32. The number of hydrogen-bond donors (Lipinski definition) is 1. The summed E-state index contributed by atoms with van der Waals surface area (Å²) in [4.78, 5) is 36.6. The average Bonchev–Trinajstić information content (AvgIpc) is 2.92. The van der Waals surface area contributed by atoms with Gasteiger partial charge in [-0.3, -0.25) is 9.59 Å². The number of hydrogen-bond acceptors (Lipinski definition) is 5. The number of piperidine rings is 1. The monoisotopic (exact) mass is 307 g/mol. The van der Waals surface area contributed by atoms with E-state index in [4.69, 9.17) is 4.52 Å². The summed E-state index contributed by atoms with van der Waals surface area (Å²) < 4.78 is 4.88. The molecule has 1 aromatic heterocycles. The van der Waals surface area contributed by atoms with Crippen LogP contribution in [0.3, 0.4) is 0 Å². The number of Topliss-reactive ketones (excluding diaryl/α,β-unsaturated/α-hetero) is 1. The van der Waals surface area contributed by atoms with Crippen LogP contribution in [0.4, 0.5) is 0 Å². The van der Waals surface area contributed by atoms with Crippen molar-refractivity contribution in [2.75, 3.05) is 13.1 Å². The summed E-state index contributed by atoms with van der Waals surface area (Å²) >= 11 is 0. The number of carbonyl (C=O) groups excluding carboxylic acids is 3. The molecule has 1 fully saturated rings. The molecule has 0 bridgehead atoms. The van der Waals surface area contributed by atoms with Crippen LogP contribution in [0.25, 0.3) is 0 Å². The molecule has 7 nitrogen and oxygen atoms in total. The fourth-order valence-corrected chi connectivity index (χ4v) is 2.45. The minimum absolute atomic E-state index is 0.00658. The first-order chi connectivity index (χ1) is 10.5. The summed E-state index contributed by atoms with van der Waals surface area (Å²) in [7, 11) is 0. The summed E-state index contributed by atoms with van der Waals surface area (Å²) in [6.45, 7) is 4.41. The number of nitrogens with one attached hydrogen (secondary N) is 1. The van der Waals surface area contributed by atoms with E-state index in [1.165, 1.54) is 6.92 Å². The lowest BCUT2D eigenvalue weighted by Crippen LogP contribution is -2.46. The van der Waals surface area contributed by atoms with Crippen molar-refractivity contribution in [1.82, 2.24) is 15.4 Å². The van der Waals surface area contributed by atoms with E-state index in [2.05, 4.69) is 10.5 Å². The number of rotatable bonds is 5. The Balaban J connectivity index is 1.76. The molecular weight excluding hydrogens is 286 g/mol. The van der Waals surface area contributed by atoms with Gasteiger partial charge >= 0.3 is 0 Å². The van der Waals surface area contributed by atoms with Crippen LogP contribution >= 0.6 is 0 Å². The summed E-state index contributed by atoms with van der Waals surface area (Å²) in [5.74, 6) is 0.375. The van der Waals surface area contributed by atoms with Gasteiger partial charge in [-0.05, 0) is 26.7 Å². The van der Waals surface area contributed by atoms with Gasteiger partial charge in [-0.25, -0.2) is 0 Å². The van der Waals surface area contributed by atoms with E-state index in [1.807, 2.05) is 0 Å². The lowest BCUT2D eigenvalue weighted by atomic mass is 10.0. The molecule has 0 aromatic carbocycles. The first kappa shape index (κ1) is 16.2. The van der Waals surface area contributed by atoms with E-state index >= 15 is 0 Å². The van der Waals surface area contributed by atoms with Crippen molar-refractivity contribution >= 4 is 17.6 Å². The molecule has 1 N–H and O–H groups in total. The summed E-state index contributed by atoms with van der Waals surface area (Å²) in [5.41, 5.74) is 0.275. The highest BCUT2D eigenvalue weighted by Crippen LogP contribution is 2.13. The van der Waals surface area contributed by atoms with E-state index in [0.717, 1.165) is 0 Å². The van der Waals surface area contributed by atoms with Gasteiger partial charge in [-0.1, -0.05) is 5.16 Å². The van der Waals surface area contributed by atoms with Gasteiger partial charge in [0.1, 0.15) is 11.5 Å². The maximum Gasteiger partial charge on any atom is 0.273 e. The normalized spacial score (nSPS) is 15.6. The van der Waals surface area contributed by atoms with Crippen molar-refractivity contribution in [2.24, 2.45) is 0 Å². The van der Waals surface area contributed by atoms with Crippen molar-refractivity contribution in [1.29, 1.82) is 0 Å². The molecule has 2 rings (SSSR count). The summed E-state index contributed by atoms with van der Waals surface area (Å²) in [6, 6.07) is 1.62. The third-order valence-corrected chi connectivity index (χ3v) is 3.73. The zero-order valence-corrected chi connectivity index (χ0v) is 12.9. The van der Waals surface area contributed by atoms with Crippen molar-refractivity contribution in [3.63, 3.8) is 0 Å². The quantitative estimate of drug-likeness (QED) is 0.878. The SMILES string of the molecule is CC(=O)CCC(=O)N1CCC(NC(=O)c2cc(C)on2)CC1. The molecule has 1 aromatic rings. The maximum atomic E-state index is 12.0. The van der Waals surface area contributed by atoms with Gasteiger partial charge in [0, 0.05) is 38.0 Å². The van der Waals surface area contributed by atoms with Crippen molar-refractivity contribution in [3.8, 4) is 0 Å². The topological polar surface area (TPSA) is 92.5 Å². The molecule has 2 heterocycles. The zero-order valence-electron chi connectivity index (χ0n) is 12.9. The van der Waals surface area contributed by atoms with Gasteiger partial charge in [-0.15, -0.1) is 0 Å². The molecule has 0 unspecified atom stereocenters. The van der Waals surface area contributed by atoms with Crippen LogP contribution in [0.15, 0.2) is 10.6 Å². The second-order valence-electron chi connectivity index (χ2n) is 5.65. The van der Waals surface area contributed by atoms with E-state index in [-0.39, 0.29) is 35.8 Å². The Morgan fingerprint density at radius 1 is 1.32 bits per heavy atom. The second kappa shape index (κ2) is 7.20. The minimum Gasteiger partial charge on any atom is -0.361 e. The van der Waals surface area contributed by atoms with Crippen LogP contribution in [0, 0.1) is 6.92 Å². The number of amides is 2. The summed E-state index contributed by atoms with van der Waals surface area (Å²) in [6.07, 6.45) is 1.97. The molecular formula is C15H21N3O4. The molecule has 0 aliphatic carbocycles. The molecule has 120 valence electrons. The average molecular weight is 307 g/mol. The van der Waals surface area contributed by atoms with Crippen LogP contribution < -0.4 is 5.32 Å². The fraction of sp³-hybridized carbons (Fsp3) is 0.600. The molecule has 1 saturated heterocycles. The molecule has 0 atom stereocenters. The van der Waals surface area contributed by atoms with Gasteiger partial charge in [0.05, 0.1) is 0 Å². The lowest BCUT2D eigenvalue weighted by molar-refractivity contribution is -0.133. The van der Waals surface area contributed by atoms with Crippen LogP contribution in [-0.4, -0.2) is 46.8 Å². The number of nitrogens with zero attached hydrogens (tertiary/aromatic N) is 2. The van der Waals surface area contributed by atoms with Gasteiger partial charge in [0.25, 0.3) is 5.91 Å². The predicted octanol–water partition coefficient (Wildman–Crippen LogP) is 1.07. The number of ketones is 1. The molecule has 1 aliphatic heterocycles. The Bertz CT molecular complexity index is 559. The standard InChI is InChI=1S/C15H21N3O4/c1-10(19)3-4-14(20)18-7-5-12(6-8-18)16-15(21)13-9-11(2)22-17-13/h9,12H,3-8H2,1-2H3,(H,16,21). The second-order valence-corrected chi connectivity index (χ2v) is 5.65. The molecule has 0 radical (unpaired) electrons. The Hall–Kier alpha value is -2.18. The first-order valence-electron chi connectivity index (χ1n) is 7.47. The highest BCUT2D eigenvalue weighted by Gasteiger charge is 2.24. The van der Waals surface area contributed by atoms with Crippen molar-refractivity contribution in [2.45, 2.75) is 45.6 Å². The van der Waals surface area contributed by atoms with Crippen molar-refractivity contribution < 1.29 is 18.9 Å². The Morgan fingerprint density at radius 2 is 2.00 bits per heavy atom. The summed E-state index contributed by atoms with van der Waals surface area (Å²) in [5, 5.41) is 6.59. The smallest absolute Gasteiger partial charge is 0.273 e. The van der Waals surface area contributed by atoms with Crippen LogP contribution in [0.5, 0.6) is 0 Å². The highest BCUT2D eigenvalue weighted by atomic mass is 16.5. The molecule has 0 spiro atoms. The van der Waals surface area contributed by atoms with E-state index < -0.39 is 0 Å². The predicted molar refractivity (Wildman–Crippen MR) is 78.2 cm³/mol. The zero-order chi connectivity index (χ0) is 16.1. The van der Waals surface area contributed by atoms with E-state index in [0.29, 0.717) is 38.1 Å². The highest BCUT2D eigenvalue weighted by molar-refractivity contribution is 5.92. The van der Waals surface area contributed by atoms with Gasteiger partial charge in [0.2, 0.25) is 5.91 Å². The third-order valence-electron chi connectivity index (χ3n) is 3.73. The number of aryl methyl sites for hydroxylation is 1. The van der Waals surface area contributed by atoms with Gasteiger partial charge in [0.15, 0.2) is 5.69 Å². The van der Waals surface area contributed by atoms with Crippen molar-refractivity contribution in [3.05, 3.63) is 17.5 Å². The fourth-order valence-electron chi connectivity index (χ4n) is 2.45. The number of likely N-dealkylation sites (tertiary alicyclic amines) is 1. The van der Waals surface area contributed by atoms with Crippen LogP contribution in [0.2, 0.25) is 0 Å². The van der Waals surface area contributed by atoms with Gasteiger partial charge < -0.3 is 19.5 Å². The Labute approximate surface area is 129 Å². The Morgan fingerprint density at radius 3 is 2.55 bits per heavy atom. The largest absolute Gasteiger partial charge is 0.361 e. The third kappa shape index (κ3) is 4.41. The van der Waals surface area contributed by atoms with E-state index in [9.17, 15) is 14.4 Å². The molecule has 22 heavy (non-hydrogen) atoms. The minimum atomic E-state index is -0.252. The van der Waals surface area contributed by atoms with Crippen LogP contribution in [-0.2, 0) is 9.59 Å². The molecule has 0 saturated carbocycles. The molecule has 2 amide bonds. The molecule has 7 heteroatoms. The number of aromatic nitrogens is 1. The Kier molecular flexibility index (Phi) is 5.30. The maximum absolute atomic E-state index is 12.0. The molecule has 1 aliphatic rings. The van der Waals surface area contributed by atoms with Crippen LogP contribution in [0.1, 0.15) is 48.9 Å².